The molecule has 1 unspecified atom stereocenters. The Morgan fingerprint density at radius 1 is 1.17 bits per heavy atom. The van der Waals surface area contributed by atoms with E-state index in [1.807, 2.05) is 70.3 Å². The molecule has 3 aromatic rings. The van der Waals surface area contributed by atoms with Crippen LogP contribution in [0, 0.1) is 13.8 Å². The van der Waals surface area contributed by atoms with E-state index in [4.69, 9.17) is 0 Å². The molecule has 3 rings (SSSR count). The van der Waals surface area contributed by atoms with E-state index in [1.54, 1.807) is 10.3 Å². The maximum Gasteiger partial charge on any atom is 0.280 e. The zero-order valence-electron chi connectivity index (χ0n) is 17.8. The molecule has 0 aliphatic rings. The number of aromatic nitrogens is 2. The molecule has 0 fully saturated rings. The molecule has 0 saturated heterocycles. The molecule has 6 nitrogen and oxygen atoms in total. The summed E-state index contributed by atoms with van der Waals surface area (Å²) in [6.45, 7) is 9.88. The number of hydrogen-bond donors (Lipinski definition) is 1. The Hall–Kier alpha value is -2.58. The molecule has 0 aliphatic carbocycles. The minimum absolute atomic E-state index is 0.216. The third kappa shape index (κ3) is 4.60. The summed E-state index contributed by atoms with van der Waals surface area (Å²) >= 11 is 2.59. The van der Waals surface area contributed by atoms with Crippen molar-refractivity contribution in [3.05, 3.63) is 62.8 Å². The van der Waals surface area contributed by atoms with Crippen LogP contribution in [-0.4, -0.2) is 26.9 Å². The number of benzene rings is 1. The van der Waals surface area contributed by atoms with Gasteiger partial charge < -0.3 is 5.32 Å². The Labute approximate surface area is 185 Å². The lowest BCUT2D eigenvalue weighted by Crippen LogP contribution is -2.50. The van der Waals surface area contributed by atoms with Crippen LogP contribution in [0.15, 0.2) is 41.1 Å². The number of aryl methyl sites for hydroxylation is 2. The molecule has 30 heavy (non-hydrogen) atoms. The number of rotatable bonds is 7. The van der Waals surface area contributed by atoms with Gasteiger partial charge in [-0.15, -0.1) is 16.4 Å². The predicted octanol–water partition coefficient (Wildman–Crippen LogP) is 4.91. The first-order valence-electron chi connectivity index (χ1n) is 9.77. The molecule has 1 N–H and O–H groups in total. The molecule has 0 saturated carbocycles. The summed E-state index contributed by atoms with van der Waals surface area (Å²) in [5.41, 5.74) is 2.37. The summed E-state index contributed by atoms with van der Waals surface area (Å²) in [7, 11) is 0. The van der Waals surface area contributed by atoms with Gasteiger partial charge in [0, 0.05) is 21.5 Å². The maximum atomic E-state index is 13.6. The van der Waals surface area contributed by atoms with Crippen molar-refractivity contribution in [2.75, 3.05) is 4.90 Å². The lowest BCUT2D eigenvalue weighted by atomic mass is 9.99. The van der Waals surface area contributed by atoms with Crippen molar-refractivity contribution >= 4 is 40.4 Å². The molecule has 0 bridgehead atoms. The lowest BCUT2D eigenvalue weighted by Gasteiger charge is -2.34. The van der Waals surface area contributed by atoms with E-state index < -0.39 is 11.6 Å². The van der Waals surface area contributed by atoms with Crippen LogP contribution in [-0.2, 0) is 4.79 Å². The number of anilines is 1. The van der Waals surface area contributed by atoms with Crippen LogP contribution in [0.1, 0.15) is 59.7 Å². The van der Waals surface area contributed by atoms with Gasteiger partial charge in [0.25, 0.3) is 5.91 Å². The largest absolute Gasteiger partial charge is 0.349 e. The first-order valence-corrected chi connectivity index (χ1v) is 11.5. The number of amides is 2. The highest BCUT2D eigenvalue weighted by Crippen LogP contribution is 2.36. The van der Waals surface area contributed by atoms with Gasteiger partial charge in [-0.1, -0.05) is 29.6 Å². The number of nitrogens with one attached hydrogen (secondary N) is 1. The number of hydrogen-bond acceptors (Lipinski definition) is 6. The van der Waals surface area contributed by atoms with Gasteiger partial charge in [0.2, 0.25) is 5.91 Å². The van der Waals surface area contributed by atoms with Crippen LogP contribution in [0.4, 0.5) is 5.69 Å². The number of carbonyl (C=O) groups is 2. The van der Waals surface area contributed by atoms with Crippen molar-refractivity contribution in [1.82, 2.24) is 14.9 Å². The van der Waals surface area contributed by atoms with Crippen molar-refractivity contribution in [2.45, 2.75) is 52.6 Å². The molecule has 1 aromatic carbocycles. The van der Waals surface area contributed by atoms with Gasteiger partial charge >= 0.3 is 0 Å². The Balaban J connectivity index is 2.18. The van der Waals surface area contributed by atoms with Crippen LogP contribution >= 0.6 is 22.9 Å². The van der Waals surface area contributed by atoms with Crippen LogP contribution in [0.2, 0.25) is 0 Å². The van der Waals surface area contributed by atoms with Gasteiger partial charge in [0.05, 0.1) is 0 Å². The van der Waals surface area contributed by atoms with Crippen molar-refractivity contribution in [3.8, 4) is 0 Å². The summed E-state index contributed by atoms with van der Waals surface area (Å²) < 4.78 is 3.85. The fraction of sp³-hybridized carbons (Fsp3) is 0.364. The Morgan fingerprint density at radius 3 is 2.47 bits per heavy atom. The standard InChI is InChI=1S/C22H26N4O2S2/c1-6-22(4,5)23-20(27)18(19-15(3)11-12-29-19)26(17-10-8-7-9-14(17)2)21(28)16-13-30-25-24-16/h7-13,18H,6H2,1-5H3,(H,23,27). The Morgan fingerprint density at radius 2 is 1.90 bits per heavy atom. The quantitative estimate of drug-likeness (QED) is 0.564. The van der Waals surface area contributed by atoms with Crippen molar-refractivity contribution in [2.24, 2.45) is 0 Å². The summed E-state index contributed by atoms with van der Waals surface area (Å²) in [6, 6.07) is 8.73. The van der Waals surface area contributed by atoms with E-state index in [0.29, 0.717) is 5.69 Å². The topological polar surface area (TPSA) is 75.2 Å². The Kier molecular flexibility index (Phi) is 6.67. The monoisotopic (exact) mass is 442 g/mol. The molecule has 0 aliphatic heterocycles. The van der Waals surface area contributed by atoms with E-state index in [-0.39, 0.29) is 17.5 Å². The van der Waals surface area contributed by atoms with Gasteiger partial charge in [-0.2, -0.15) is 0 Å². The molecule has 0 radical (unpaired) electrons. The average Bonchev–Trinajstić information content (AvgIpc) is 3.38. The number of thiophene rings is 1. The summed E-state index contributed by atoms with van der Waals surface area (Å²) in [5, 5.41) is 10.7. The van der Waals surface area contributed by atoms with Crippen LogP contribution < -0.4 is 10.2 Å². The maximum absolute atomic E-state index is 13.6. The first kappa shape index (κ1) is 22.1. The Bertz CT molecular complexity index is 1030. The second-order valence-electron chi connectivity index (χ2n) is 7.85. The highest BCUT2D eigenvalue weighted by molar-refractivity contribution is 7.10. The molecule has 2 aromatic heterocycles. The highest BCUT2D eigenvalue weighted by Gasteiger charge is 2.38. The second kappa shape index (κ2) is 9.06. The van der Waals surface area contributed by atoms with Crippen LogP contribution in [0.5, 0.6) is 0 Å². The molecular formula is C22H26N4O2S2. The van der Waals surface area contributed by atoms with E-state index >= 15 is 0 Å². The van der Waals surface area contributed by atoms with E-state index in [0.717, 1.165) is 34.0 Å². The van der Waals surface area contributed by atoms with Gasteiger partial charge in [0.1, 0.15) is 0 Å². The number of carbonyl (C=O) groups excluding carboxylic acids is 2. The fourth-order valence-corrected chi connectivity index (χ4v) is 4.53. The van der Waals surface area contributed by atoms with Gasteiger partial charge in [0.15, 0.2) is 11.7 Å². The van der Waals surface area contributed by atoms with Gasteiger partial charge in [-0.3, -0.25) is 14.5 Å². The van der Waals surface area contributed by atoms with Gasteiger partial charge in [-0.25, -0.2) is 0 Å². The van der Waals surface area contributed by atoms with E-state index in [2.05, 4.69) is 14.9 Å². The third-order valence-electron chi connectivity index (χ3n) is 5.18. The second-order valence-corrected chi connectivity index (χ2v) is 9.41. The highest BCUT2D eigenvalue weighted by atomic mass is 32.1. The molecule has 1 atom stereocenters. The van der Waals surface area contributed by atoms with Crippen molar-refractivity contribution < 1.29 is 9.59 Å². The van der Waals surface area contributed by atoms with Gasteiger partial charge in [-0.05, 0) is 74.3 Å². The SMILES string of the molecule is CCC(C)(C)NC(=O)C(c1sccc1C)N(C(=O)c1csnn1)c1ccccc1C. The molecule has 2 heterocycles. The zero-order chi connectivity index (χ0) is 21.9. The molecule has 0 spiro atoms. The number of para-hydroxylation sites is 1. The predicted molar refractivity (Wildman–Crippen MR) is 122 cm³/mol. The minimum atomic E-state index is -0.814. The smallest absolute Gasteiger partial charge is 0.280 e. The van der Waals surface area contributed by atoms with Crippen LogP contribution in [0.25, 0.3) is 0 Å². The summed E-state index contributed by atoms with van der Waals surface area (Å²) in [6.07, 6.45) is 0.767. The lowest BCUT2D eigenvalue weighted by molar-refractivity contribution is -0.124. The van der Waals surface area contributed by atoms with E-state index in [1.165, 1.54) is 11.3 Å². The summed E-state index contributed by atoms with van der Waals surface area (Å²) in [5.74, 6) is -0.563. The van der Waals surface area contributed by atoms with E-state index in [9.17, 15) is 9.59 Å². The molecule has 2 amide bonds. The third-order valence-corrected chi connectivity index (χ3v) is 6.75. The van der Waals surface area contributed by atoms with Crippen molar-refractivity contribution in [3.63, 3.8) is 0 Å². The zero-order valence-corrected chi connectivity index (χ0v) is 19.4. The molecule has 158 valence electrons. The van der Waals surface area contributed by atoms with Crippen LogP contribution in [0.3, 0.4) is 0 Å². The number of nitrogens with zero attached hydrogens (tertiary/aromatic N) is 3. The molecule has 8 heteroatoms. The van der Waals surface area contributed by atoms with Crippen molar-refractivity contribution in [1.29, 1.82) is 0 Å². The fourth-order valence-electron chi connectivity index (χ4n) is 3.09. The normalized spacial score (nSPS) is 12.4. The molecular weight excluding hydrogens is 416 g/mol. The minimum Gasteiger partial charge on any atom is -0.349 e. The summed E-state index contributed by atoms with van der Waals surface area (Å²) in [4.78, 5) is 29.6. The first-order chi connectivity index (χ1) is 14.2. The average molecular weight is 443 g/mol.